The molecule has 1 aliphatic heterocycles. The zero-order chi connectivity index (χ0) is 24.6. The van der Waals surface area contributed by atoms with E-state index in [-0.39, 0.29) is 11.6 Å². The van der Waals surface area contributed by atoms with Crippen LogP contribution in [0.4, 0.5) is 5.88 Å². The SMILES string of the molecule is CCCCOc1ccc(C(=O)N2CCN(c3oc(/C=C/c4ccc(Cl)cc4)nc3C#N)CC2)cc1. The number of carbonyl (C=O) groups is 1. The first-order chi connectivity index (χ1) is 17.1. The van der Waals surface area contributed by atoms with Gasteiger partial charge in [0.1, 0.15) is 11.8 Å². The molecule has 3 aromatic rings. The van der Waals surface area contributed by atoms with Crippen LogP contribution in [0.1, 0.15) is 47.3 Å². The summed E-state index contributed by atoms with van der Waals surface area (Å²) >= 11 is 5.92. The number of benzene rings is 2. The summed E-state index contributed by atoms with van der Waals surface area (Å²) in [4.78, 5) is 21.0. The van der Waals surface area contributed by atoms with Gasteiger partial charge in [-0.15, -0.1) is 0 Å². The number of ether oxygens (including phenoxy) is 1. The molecular formula is C27H27ClN4O3. The number of piperazine rings is 1. The van der Waals surface area contributed by atoms with Crippen LogP contribution in [0, 0.1) is 11.3 Å². The zero-order valence-electron chi connectivity index (χ0n) is 19.6. The van der Waals surface area contributed by atoms with E-state index in [1.807, 2.05) is 40.1 Å². The number of nitrogens with zero attached hydrogens (tertiary/aromatic N) is 4. The Kier molecular flexibility index (Phi) is 8.07. The number of amides is 1. The van der Waals surface area contributed by atoms with Crippen LogP contribution in [-0.4, -0.2) is 48.6 Å². The number of hydrogen-bond acceptors (Lipinski definition) is 6. The minimum Gasteiger partial charge on any atom is -0.494 e. The average Bonchev–Trinajstić information content (AvgIpc) is 3.32. The van der Waals surface area contributed by atoms with Crippen LogP contribution >= 0.6 is 11.6 Å². The molecule has 1 aromatic heterocycles. The average molecular weight is 491 g/mol. The molecule has 180 valence electrons. The van der Waals surface area contributed by atoms with E-state index in [1.165, 1.54) is 0 Å². The summed E-state index contributed by atoms with van der Waals surface area (Å²) in [7, 11) is 0. The smallest absolute Gasteiger partial charge is 0.253 e. The van der Waals surface area contributed by atoms with Gasteiger partial charge < -0.3 is 19.0 Å². The van der Waals surface area contributed by atoms with E-state index >= 15 is 0 Å². The van der Waals surface area contributed by atoms with E-state index in [0.29, 0.717) is 55.1 Å². The van der Waals surface area contributed by atoms with Gasteiger partial charge in [0.05, 0.1) is 6.61 Å². The molecule has 0 N–H and O–H groups in total. The number of anilines is 1. The molecule has 0 atom stereocenters. The third-order valence-electron chi connectivity index (χ3n) is 5.74. The molecular weight excluding hydrogens is 464 g/mol. The highest BCUT2D eigenvalue weighted by atomic mass is 35.5. The van der Waals surface area contributed by atoms with Crippen LogP contribution in [0.15, 0.2) is 52.9 Å². The Morgan fingerprint density at radius 2 is 1.83 bits per heavy atom. The number of halogens is 1. The van der Waals surface area contributed by atoms with Crippen molar-refractivity contribution < 1.29 is 13.9 Å². The number of aromatic nitrogens is 1. The monoisotopic (exact) mass is 490 g/mol. The first-order valence-corrected chi connectivity index (χ1v) is 12.1. The molecule has 1 saturated heterocycles. The maximum atomic E-state index is 12.9. The lowest BCUT2D eigenvalue weighted by Crippen LogP contribution is -2.48. The Bertz CT molecular complexity index is 1200. The second kappa shape index (κ2) is 11.6. The van der Waals surface area contributed by atoms with Gasteiger partial charge in [-0.2, -0.15) is 10.2 Å². The standard InChI is InChI=1S/C27H27ClN4O3/c1-2-3-18-34-23-11-7-21(8-12-23)26(33)31-14-16-32(17-15-31)27-24(19-29)30-25(35-27)13-6-20-4-9-22(28)10-5-20/h4-13H,2-3,14-18H2,1H3/b13-6+. The van der Waals surface area contributed by atoms with E-state index in [2.05, 4.69) is 18.0 Å². The molecule has 8 heteroatoms. The molecule has 1 amide bonds. The fourth-order valence-electron chi connectivity index (χ4n) is 3.75. The lowest BCUT2D eigenvalue weighted by atomic mass is 10.1. The Morgan fingerprint density at radius 1 is 1.11 bits per heavy atom. The van der Waals surface area contributed by atoms with Gasteiger partial charge in [0.25, 0.3) is 5.91 Å². The Balaban J connectivity index is 1.36. The van der Waals surface area contributed by atoms with Gasteiger partial charge in [-0.1, -0.05) is 37.1 Å². The second-order valence-electron chi connectivity index (χ2n) is 8.21. The Morgan fingerprint density at radius 3 is 2.49 bits per heavy atom. The van der Waals surface area contributed by atoms with Gasteiger partial charge in [0.15, 0.2) is 0 Å². The summed E-state index contributed by atoms with van der Waals surface area (Å²) in [6.07, 6.45) is 5.66. The predicted octanol–water partition coefficient (Wildman–Crippen LogP) is 5.51. The van der Waals surface area contributed by atoms with E-state index in [0.717, 1.165) is 24.2 Å². The normalized spacial score (nSPS) is 13.7. The fraction of sp³-hybridized carbons (Fsp3) is 0.296. The highest BCUT2D eigenvalue weighted by Crippen LogP contribution is 2.25. The molecule has 0 bridgehead atoms. The van der Waals surface area contributed by atoms with Crippen molar-refractivity contribution in [3.8, 4) is 11.8 Å². The van der Waals surface area contributed by atoms with Crippen molar-refractivity contribution >= 4 is 35.5 Å². The van der Waals surface area contributed by atoms with Crippen LogP contribution in [0.5, 0.6) is 5.75 Å². The van der Waals surface area contributed by atoms with Gasteiger partial charge >= 0.3 is 0 Å². The van der Waals surface area contributed by atoms with Gasteiger partial charge in [0, 0.05) is 42.8 Å². The van der Waals surface area contributed by atoms with Crippen molar-refractivity contribution in [2.45, 2.75) is 19.8 Å². The molecule has 35 heavy (non-hydrogen) atoms. The van der Waals surface area contributed by atoms with Crippen LogP contribution in [0.2, 0.25) is 5.02 Å². The van der Waals surface area contributed by atoms with Gasteiger partial charge in [0.2, 0.25) is 17.5 Å². The van der Waals surface area contributed by atoms with Crippen molar-refractivity contribution in [1.29, 1.82) is 5.26 Å². The molecule has 0 unspecified atom stereocenters. The van der Waals surface area contributed by atoms with Crippen molar-refractivity contribution in [3.05, 3.63) is 76.3 Å². The quantitative estimate of drug-likeness (QED) is 0.387. The molecule has 0 aliphatic carbocycles. The van der Waals surface area contributed by atoms with Crippen LogP contribution in [0.25, 0.3) is 12.2 Å². The molecule has 0 radical (unpaired) electrons. The molecule has 0 saturated carbocycles. The third kappa shape index (κ3) is 6.23. The van der Waals surface area contributed by atoms with E-state index in [9.17, 15) is 10.1 Å². The minimum absolute atomic E-state index is 0.0191. The third-order valence-corrected chi connectivity index (χ3v) is 5.99. The van der Waals surface area contributed by atoms with Gasteiger partial charge in [-0.05, 0) is 54.5 Å². The number of nitriles is 1. The summed E-state index contributed by atoms with van der Waals surface area (Å²) in [6, 6.07) is 16.8. The number of oxazole rings is 1. The Hall–Kier alpha value is -3.76. The van der Waals surface area contributed by atoms with Crippen LogP contribution < -0.4 is 9.64 Å². The van der Waals surface area contributed by atoms with Crippen molar-refractivity contribution in [2.24, 2.45) is 0 Å². The molecule has 0 spiro atoms. The summed E-state index contributed by atoms with van der Waals surface area (Å²) in [5.74, 6) is 1.54. The first-order valence-electron chi connectivity index (χ1n) is 11.7. The molecule has 7 nitrogen and oxygen atoms in total. The topological polar surface area (TPSA) is 82.6 Å². The molecule has 4 rings (SSSR count). The number of unbranched alkanes of at least 4 members (excludes halogenated alkanes) is 1. The predicted molar refractivity (Wildman–Crippen MR) is 137 cm³/mol. The van der Waals surface area contributed by atoms with E-state index < -0.39 is 0 Å². The lowest BCUT2D eigenvalue weighted by Gasteiger charge is -2.34. The molecule has 2 heterocycles. The molecule has 2 aromatic carbocycles. The molecule has 1 fully saturated rings. The van der Waals surface area contributed by atoms with Gasteiger partial charge in [-0.3, -0.25) is 4.79 Å². The number of rotatable bonds is 8. The van der Waals surface area contributed by atoms with E-state index in [4.69, 9.17) is 20.8 Å². The largest absolute Gasteiger partial charge is 0.494 e. The van der Waals surface area contributed by atoms with Crippen molar-refractivity contribution in [1.82, 2.24) is 9.88 Å². The maximum Gasteiger partial charge on any atom is 0.253 e. The minimum atomic E-state index is -0.0191. The van der Waals surface area contributed by atoms with E-state index in [1.54, 1.807) is 30.3 Å². The fourth-order valence-corrected chi connectivity index (χ4v) is 3.88. The summed E-state index contributed by atoms with van der Waals surface area (Å²) in [5, 5.41) is 10.2. The summed E-state index contributed by atoms with van der Waals surface area (Å²) < 4.78 is 11.6. The van der Waals surface area contributed by atoms with Gasteiger partial charge in [-0.25, -0.2) is 0 Å². The highest BCUT2D eigenvalue weighted by Gasteiger charge is 2.26. The maximum absolute atomic E-state index is 12.9. The molecule has 1 aliphatic rings. The van der Waals surface area contributed by atoms with Crippen LogP contribution in [-0.2, 0) is 0 Å². The van der Waals surface area contributed by atoms with Crippen molar-refractivity contribution in [3.63, 3.8) is 0 Å². The number of carbonyl (C=O) groups excluding carboxylic acids is 1. The number of hydrogen-bond donors (Lipinski definition) is 0. The first kappa shape index (κ1) is 24.4. The van der Waals surface area contributed by atoms with Crippen LogP contribution in [0.3, 0.4) is 0 Å². The lowest BCUT2D eigenvalue weighted by molar-refractivity contribution is 0.0745. The highest BCUT2D eigenvalue weighted by molar-refractivity contribution is 6.30. The summed E-state index contributed by atoms with van der Waals surface area (Å²) in [5.41, 5.74) is 1.81. The summed E-state index contributed by atoms with van der Waals surface area (Å²) in [6.45, 7) is 4.94. The second-order valence-corrected chi connectivity index (χ2v) is 8.64. The zero-order valence-corrected chi connectivity index (χ0v) is 20.4. The van der Waals surface area contributed by atoms with Crippen molar-refractivity contribution in [2.75, 3.05) is 37.7 Å². The Labute approximate surface area is 210 Å².